The van der Waals surface area contributed by atoms with Crippen molar-refractivity contribution in [1.82, 2.24) is 10.0 Å². The molecule has 1 heterocycles. The van der Waals surface area contributed by atoms with Crippen LogP contribution in [0.3, 0.4) is 0 Å². The summed E-state index contributed by atoms with van der Waals surface area (Å²) >= 11 is 0. The minimum absolute atomic E-state index is 0.0106. The maximum absolute atomic E-state index is 11.8. The summed E-state index contributed by atoms with van der Waals surface area (Å²) in [6, 6.07) is 8.78. The van der Waals surface area contributed by atoms with Crippen LogP contribution in [0.15, 0.2) is 35.1 Å². The summed E-state index contributed by atoms with van der Waals surface area (Å²) in [5, 5.41) is 0. The highest BCUT2D eigenvalue weighted by Crippen LogP contribution is 2.34. The first-order valence-electron chi connectivity index (χ1n) is 10.0. The summed E-state index contributed by atoms with van der Waals surface area (Å²) in [6.45, 7) is 5.03. The molecule has 2 aromatic rings. The minimum Gasteiger partial charge on any atom is -0.493 e. The molecule has 2 unspecified atom stereocenters. The Bertz CT molecular complexity index is 929. The molecule has 0 aliphatic heterocycles. The topological polar surface area (TPSA) is 78.8 Å². The number of hydrogen-bond donors (Lipinski definition) is 1. The maximum Gasteiger partial charge on any atom is 0.182 e. The normalized spacial score (nSPS) is 15.6. The standard InChI is InChI=1S/C22H30N2O5S/c1-15-9-19(25)10-16(2)24(15)12-20(23-29-14-30(4)26)18-7-8-21(27-3)22(11-18)28-13-17-5-6-17/h7-11,17,20,23H,5-6,12-14H2,1-4H3. The van der Waals surface area contributed by atoms with Gasteiger partial charge in [0, 0.05) is 47.1 Å². The second-order valence-electron chi connectivity index (χ2n) is 7.75. The lowest BCUT2D eigenvalue weighted by Gasteiger charge is -2.24. The van der Waals surface area contributed by atoms with Gasteiger partial charge in [-0.2, -0.15) is 5.48 Å². The Morgan fingerprint density at radius 3 is 2.47 bits per heavy atom. The number of aromatic nitrogens is 1. The molecule has 8 heteroatoms. The third-order valence-corrected chi connectivity index (χ3v) is 5.58. The predicted octanol–water partition coefficient (Wildman–Crippen LogP) is 2.86. The van der Waals surface area contributed by atoms with E-state index in [1.807, 2.05) is 32.0 Å². The number of hydroxylamine groups is 1. The van der Waals surface area contributed by atoms with Crippen molar-refractivity contribution in [3.63, 3.8) is 0 Å². The van der Waals surface area contributed by atoms with Crippen LogP contribution in [0.1, 0.15) is 35.8 Å². The monoisotopic (exact) mass is 434 g/mol. The van der Waals surface area contributed by atoms with Crippen molar-refractivity contribution in [2.24, 2.45) is 5.92 Å². The number of benzene rings is 1. The number of nitrogens with zero attached hydrogens (tertiary/aromatic N) is 1. The van der Waals surface area contributed by atoms with E-state index in [2.05, 4.69) is 10.0 Å². The Labute approximate surface area is 179 Å². The number of aryl methyl sites for hydroxylation is 2. The van der Waals surface area contributed by atoms with Crippen LogP contribution < -0.4 is 20.4 Å². The third kappa shape index (κ3) is 6.17. The summed E-state index contributed by atoms with van der Waals surface area (Å²) in [7, 11) is 0.541. The van der Waals surface area contributed by atoms with E-state index in [9.17, 15) is 9.00 Å². The molecule has 0 saturated heterocycles. The van der Waals surface area contributed by atoms with Gasteiger partial charge in [-0.15, -0.1) is 0 Å². The summed E-state index contributed by atoms with van der Waals surface area (Å²) < 4.78 is 25.0. The van der Waals surface area contributed by atoms with Crippen molar-refractivity contribution in [2.75, 3.05) is 25.9 Å². The lowest BCUT2D eigenvalue weighted by molar-refractivity contribution is 0.0418. The molecule has 3 rings (SSSR count). The zero-order valence-electron chi connectivity index (χ0n) is 18.0. The molecule has 1 aliphatic carbocycles. The molecule has 1 N–H and O–H groups in total. The van der Waals surface area contributed by atoms with Gasteiger partial charge >= 0.3 is 0 Å². The molecule has 164 valence electrons. The predicted molar refractivity (Wildman–Crippen MR) is 117 cm³/mol. The van der Waals surface area contributed by atoms with Gasteiger partial charge in [0.1, 0.15) is 5.94 Å². The molecule has 1 saturated carbocycles. The molecule has 30 heavy (non-hydrogen) atoms. The first-order valence-corrected chi connectivity index (χ1v) is 11.8. The van der Waals surface area contributed by atoms with Gasteiger partial charge in [0.2, 0.25) is 0 Å². The largest absolute Gasteiger partial charge is 0.493 e. The summed E-state index contributed by atoms with van der Waals surface area (Å²) in [5.41, 5.74) is 5.70. The zero-order valence-corrected chi connectivity index (χ0v) is 18.8. The molecule has 0 radical (unpaired) electrons. The van der Waals surface area contributed by atoms with Crippen molar-refractivity contribution in [2.45, 2.75) is 39.3 Å². The zero-order chi connectivity index (χ0) is 21.7. The van der Waals surface area contributed by atoms with Crippen LogP contribution in [0.5, 0.6) is 11.5 Å². The van der Waals surface area contributed by atoms with E-state index < -0.39 is 10.8 Å². The number of pyridine rings is 1. The van der Waals surface area contributed by atoms with Crippen molar-refractivity contribution in [3.05, 3.63) is 57.5 Å². The smallest absolute Gasteiger partial charge is 0.182 e. The van der Waals surface area contributed by atoms with Crippen LogP contribution in [0.4, 0.5) is 0 Å². The van der Waals surface area contributed by atoms with E-state index in [1.54, 1.807) is 25.5 Å². The summed E-state index contributed by atoms with van der Waals surface area (Å²) in [4.78, 5) is 17.3. The fourth-order valence-corrected chi connectivity index (χ4v) is 3.54. The van der Waals surface area contributed by atoms with Gasteiger partial charge in [0.25, 0.3) is 0 Å². The number of rotatable bonds is 11. The van der Waals surface area contributed by atoms with Gasteiger partial charge in [-0.3, -0.25) is 13.8 Å². The van der Waals surface area contributed by atoms with Crippen molar-refractivity contribution >= 4 is 10.8 Å². The van der Waals surface area contributed by atoms with E-state index >= 15 is 0 Å². The number of hydrogen-bond acceptors (Lipinski definition) is 6. The average molecular weight is 435 g/mol. The summed E-state index contributed by atoms with van der Waals surface area (Å²) in [6.07, 6.45) is 4.00. The van der Waals surface area contributed by atoms with Crippen molar-refractivity contribution < 1.29 is 18.5 Å². The van der Waals surface area contributed by atoms with Gasteiger partial charge in [0.05, 0.1) is 19.8 Å². The molecule has 0 bridgehead atoms. The van der Waals surface area contributed by atoms with Gasteiger partial charge < -0.3 is 14.0 Å². The van der Waals surface area contributed by atoms with Gasteiger partial charge in [-0.05, 0) is 50.3 Å². The third-order valence-electron chi connectivity index (χ3n) is 5.13. The average Bonchev–Trinajstić information content (AvgIpc) is 3.51. The van der Waals surface area contributed by atoms with Crippen LogP contribution in [0, 0.1) is 19.8 Å². The fraction of sp³-hybridized carbons (Fsp3) is 0.500. The Hall–Kier alpha value is -2.16. The molecular formula is C22H30N2O5S. The fourth-order valence-electron chi connectivity index (χ4n) is 3.30. The quantitative estimate of drug-likeness (QED) is 0.548. The van der Waals surface area contributed by atoms with Crippen molar-refractivity contribution in [1.29, 1.82) is 0 Å². The Morgan fingerprint density at radius 2 is 1.87 bits per heavy atom. The SMILES string of the molecule is COc1ccc(C(Cn2c(C)cc(=O)cc2C)NOCS(C)=O)cc1OCC1CC1. The van der Waals surface area contributed by atoms with Crippen LogP contribution in [0.2, 0.25) is 0 Å². The number of nitrogens with one attached hydrogen (secondary N) is 1. The maximum atomic E-state index is 11.8. The number of methoxy groups -OCH3 is 1. The lowest BCUT2D eigenvalue weighted by Crippen LogP contribution is -2.29. The first kappa shape index (κ1) is 22.5. The summed E-state index contributed by atoms with van der Waals surface area (Å²) in [5.74, 6) is 2.09. The molecule has 1 aromatic carbocycles. The second-order valence-corrected chi connectivity index (χ2v) is 9.14. The Balaban J connectivity index is 1.88. The van der Waals surface area contributed by atoms with Crippen LogP contribution >= 0.6 is 0 Å². The Kier molecular flexibility index (Phi) is 7.69. The second kappa shape index (κ2) is 10.2. The molecule has 2 atom stereocenters. The highest BCUT2D eigenvalue weighted by molar-refractivity contribution is 7.84. The van der Waals surface area contributed by atoms with Crippen LogP contribution in [0.25, 0.3) is 0 Å². The first-order chi connectivity index (χ1) is 14.4. The molecule has 1 fully saturated rings. The molecule has 7 nitrogen and oxygen atoms in total. The Morgan fingerprint density at radius 1 is 1.17 bits per heavy atom. The lowest BCUT2D eigenvalue weighted by atomic mass is 10.1. The molecule has 1 aromatic heterocycles. The van der Waals surface area contributed by atoms with Crippen LogP contribution in [-0.2, 0) is 22.2 Å². The minimum atomic E-state index is -1.09. The van der Waals surface area contributed by atoms with Crippen LogP contribution in [-0.4, -0.2) is 34.7 Å². The van der Waals surface area contributed by atoms with E-state index in [4.69, 9.17) is 14.3 Å². The highest BCUT2D eigenvalue weighted by Gasteiger charge is 2.23. The van der Waals surface area contributed by atoms with Gasteiger partial charge in [0.15, 0.2) is 16.9 Å². The van der Waals surface area contributed by atoms with E-state index in [1.165, 1.54) is 12.8 Å². The van der Waals surface area contributed by atoms with Crippen molar-refractivity contribution in [3.8, 4) is 11.5 Å². The van der Waals surface area contributed by atoms with Gasteiger partial charge in [-0.25, -0.2) is 0 Å². The van der Waals surface area contributed by atoms with E-state index in [0.29, 0.717) is 30.6 Å². The number of ether oxygens (including phenoxy) is 2. The van der Waals surface area contributed by atoms with E-state index in [0.717, 1.165) is 17.0 Å². The molecule has 0 spiro atoms. The van der Waals surface area contributed by atoms with Gasteiger partial charge in [-0.1, -0.05) is 6.07 Å². The molecule has 1 aliphatic rings. The highest BCUT2D eigenvalue weighted by atomic mass is 32.2. The molecule has 0 amide bonds. The van der Waals surface area contributed by atoms with E-state index in [-0.39, 0.29) is 17.4 Å². The molecular weight excluding hydrogens is 404 g/mol.